The molecule has 5 aromatic carbocycles. The van der Waals surface area contributed by atoms with Crippen LogP contribution in [0.15, 0.2) is 160 Å². The van der Waals surface area contributed by atoms with Crippen molar-refractivity contribution in [3.63, 3.8) is 0 Å². The number of halogens is 2. The molecule has 1 fully saturated rings. The molecular formula is C51H49Cl2N11O10S2. The molecule has 0 unspecified atom stereocenters. The van der Waals surface area contributed by atoms with Crippen molar-refractivity contribution >= 4 is 107 Å². The van der Waals surface area contributed by atoms with Crippen molar-refractivity contribution in [2.24, 2.45) is 10.2 Å². The zero-order chi connectivity index (χ0) is 53.8. The first-order valence-corrected chi connectivity index (χ1v) is 27.1. The van der Waals surface area contributed by atoms with E-state index < -0.39 is 56.8 Å². The van der Waals surface area contributed by atoms with Crippen LogP contribution in [0.1, 0.15) is 18.1 Å². The Kier molecular flexibility index (Phi) is 17.6. The van der Waals surface area contributed by atoms with E-state index in [0.717, 1.165) is 47.1 Å². The smallest absolute Gasteiger partial charge is 0.276 e. The van der Waals surface area contributed by atoms with Crippen LogP contribution in [-0.2, 0) is 44.0 Å². The molecule has 3 aliphatic rings. The highest BCUT2D eigenvalue weighted by molar-refractivity contribution is 7.93. The lowest BCUT2D eigenvalue weighted by Crippen LogP contribution is -2.40. The average Bonchev–Trinajstić information content (AvgIpc) is 3.93. The normalized spacial score (nSPS) is 15.1. The number of pyridine rings is 1. The zero-order valence-electron chi connectivity index (χ0n) is 40.5. The molecule has 0 aliphatic carbocycles. The Hall–Kier alpha value is -7.93. The summed E-state index contributed by atoms with van der Waals surface area (Å²) in [7, 11) is -8.32. The Morgan fingerprint density at radius 3 is 1.72 bits per heavy atom. The van der Waals surface area contributed by atoms with E-state index in [0.29, 0.717) is 51.4 Å². The molecule has 394 valence electrons. The molecule has 0 spiro atoms. The van der Waals surface area contributed by atoms with Crippen molar-refractivity contribution in [1.82, 2.24) is 20.7 Å². The first-order chi connectivity index (χ1) is 36.6. The zero-order valence-corrected chi connectivity index (χ0v) is 43.6. The van der Waals surface area contributed by atoms with Gasteiger partial charge in [0, 0.05) is 65.4 Å². The third-order valence-electron chi connectivity index (χ3n) is 11.6. The van der Waals surface area contributed by atoms with Gasteiger partial charge in [-0.1, -0.05) is 41.4 Å². The number of hydrogen-bond acceptors (Lipinski definition) is 15. The van der Waals surface area contributed by atoms with Gasteiger partial charge in [-0.05, 0) is 116 Å². The molecular weight excluding hydrogens is 1060 g/mol. The molecule has 0 saturated carbocycles. The molecule has 9 rings (SSSR count). The molecule has 21 nitrogen and oxygen atoms in total. The van der Waals surface area contributed by atoms with E-state index in [2.05, 4.69) is 46.9 Å². The maximum Gasteiger partial charge on any atom is 0.276 e. The number of benzene rings is 5. The first kappa shape index (κ1) is 54.3. The summed E-state index contributed by atoms with van der Waals surface area (Å²) >= 11 is 12.0. The molecule has 25 heteroatoms. The maximum absolute atomic E-state index is 13.7. The number of fused-ring (bicyclic) bond motifs is 2. The lowest BCUT2D eigenvalue weighted by atomic mass is 10.1. The Bertz CT molecular complexity index is 3380. The topological polar surface area (TPSA) is 262 Å². The number of nitrogens with one attached hydrogen (secondary N) is 5. The second-order valence-electron chi connectivity index (χ2n) is 16.7. The monoisotopic (exact) mass is 1110 g/mol. The van der Waals surface area contributed by atoms with Crippen molar-refractivity contribution in [2.75, 3.05) is 83.6 Å². The number of hydrazone groups is 2. The van der Waals surface area contributed by atoms with Crippen molar-refractivity contribution in [3.05, 3.63) is 161 Å². The largest absolute Gasteiger partial charge is 0.494 e. The standard InChI is InChI=1S/C28H29ClN6O5S.C23H20ClN5O5S/c29-20-5-9-22(10-6-20)35(19-26(36)32-33-27-24-3-1-2-4-25(24)31-28(27)37)41(38,39)23-11-7-21(8-12-23)30-13-14-34-15-17-40-18-16-34;1-2-34-17-7-9-18(10-8-17)35(32,33)29(16-5-3-15(24)4-6-16)14-21(30)27-28-22-19-13-25-12-11-20(19)26-23(22)31/h1-12,30H,13-19H2,(H,32,36)(H,31,33,37);3-13H,2,14H2,1H3,(H,27,30)(H,26,28,31). The number of amides is 4. The van der Waals surface area contributed by atoms with E-state index in [1.54, 1.807) is 54.6 Å². The summed E-state index contributed by atoms with van der Waals surface area (Å²) in [6, 6.07) is 32.9. The quantitative estimate of drug-likeness (QED) is 0.0662. The molecule has 4 amide bonds. The van der Waals surface area contributed by atoms with Crippen LogP contribution in [0.4, 0.5) is 28.4 Å². The molecule has 0 bridgehead atoms. The predicted octanol–water partition coefficient (Wildman–Crippen LogP) is 5.55. The lowest BCUT2D eigenvalue weighted by Gasteiger charge is -2.26. The van der Waals surface area contributed by atoms with Gasteiger partial charge < -0.3 is 25.4 Å². The number of anilines is 5. The van der Waals surface area contributed by atoms with E-state index in [1.807, 2.05) is 6.92 Å². The maximum atomic E-state index is 13.7. The van der Waals surface area contributed by atoms with Crippen LogP contribution in [0.2, 0.25) is 10.0 Å². The van der Waals surface area contributed by atoms with Gasteiger partial charge in [-0.15, -0.1) is 0 Å². The van der Waals surface area contributed by atoms with Gasteiger partial charge in [0.1, 0.15) is 18.8 Å². The van der Waals surface area contributed by atoms with Gasteiger partial charge in [-0.2, -0.15) is 10.2 Å². The minimum atomic E-state index is -4.16. The van der Waals surface area contributed by atoms with Crippen molar-refractivity contribution in [2.45, 2.75) is 16.7 Å². The lowest BCUT2D eigenvalue weighted by molar-refractivity contribution is -0.120. The summed E-state index contributed by atoms with van der Waals surface area (Å²) in [5.41, 5.74) is 7.89. The number of rotatable bonds is 18. The molecule has 6 aromatic rings. The van der Waals surface area contributed by atoms with Crippen LogP contribution < -0.4 is 40.1 Å². The second kappa shape index (κ2) is 24.6. The predicted molar refractivity (Wildman–Crippen MR) is 289 cm³/mol. The molecule has 0 radical (unpaired) electrons. The highest BCUT2D eigenvalue weighted by Gasteiger charge is 2.31. The summed E-state index contributed by atoms with van der Waals surface area (Å²) in [6.07, 6.45) is 2.95. The van der Waals surface area contributed by atoms with Crippen LogP contribution in [0, 0.1) is 0 Å². The number of ether oxygens (including phenoxy) is 2. The van der Waals surface area contributed by atoms with Crippen molar-refractivity contribution in [1.29, 1.82) is 0 Å². The third-order valence-corrected chi connectivity index (χ3v) is 15.7. The van der Waals surface area contributed by atoms with E-state index in [-0.39, 0.29) is 32.6 Å². The van der Waals surface area contributed by atoms with Gasteiger partial charge in [0.25, 0.3) is 43.7 Å². The highest BCUT2D eigenvalue weighted by Crippen LogP contribution is 2.29. The summed E-state index contributed by atoms with van der Waals surface area (Å²) < 4.78 is 67.0. The average molecular weight is 1110 g/mol. The van der Waals surface area contributed by atoms with Crippen LogP contribution in [0.5, 0.6) is 5.75 Å². The van der Waals surface area contributed by atoms with Crippen molar-refractivity contribution < 1.29 is 45.5 Å². The summed E-state index contributed by atoms with van der Waals surface area (Å²) in [4.78, 5) is 56.4. The minimum Gasteiger partial charge on any atom is -0.494 e. The Labute approximate surface area is 448 Å². The fourth-order valence-electron chi connectivity index (χ4n) is 7.79. The molecule has 1 saturated heterocycles. The summed E-state index contributed by atoms with van der Waals surface area (Å²) in [6.45, 7) is 5.86. The SMILES string of the molecule is CCOc1ccc(S(=O)(=O)N(CC(=O)NN=C2C(=O)Nc3ccncc32)c2ccc(Cl)cc2)cc1.O=C(CN(c1ccc(Cl)cc1)S(=O)(=O)c1ccc(NCCN2CCOCC2)cc1)NN=C1C(=O)Nc2ccccc21. The Balaban J connectivity index is 0.000000204. The number of morpholine rings is 1. The Morgan fingerprint density at radius 2 is 1.18 bits per heavy atom. The van der Waals surface area contributed by atoms with Gasteiger partial charge in [-0.3, -0.25) is 37.7 Å². The van der Waals surface area contributed by atoms with Gasteiger partial charge in [-0.25, -0.2) is 27.7 Å². The molecule has 76 heavy (non-hydrogen) atoms. The number of hydrogen-bond donors (Lipinski definition) is 5. The molecule has 5 N–H and O–H groups in total. The molecule has 3 aliphatic heterocycles. The number of sulfonamides is 2. The highest BCUT2D eigenvalue weighted by atomic mass is 35.5. The molecule has 1 aromatic heterocycles. The van der Waals surface area contributed by atoms with E-state index in [9.17, 15) is 36.0 Å². The fourth-order valence-corrected chi connectivity index (χ4v) is 10.9. The molecule has 4 heterocycles. The van der Waals surface area contributed by atoms with Gasteiger partial charge in [0.15, 0.2) is 11.4 Å². The number of nitrogens with zero attached hydrogens (tertiary/aromatic N) is 6. The van der Waals surface area contributed by atoms with Crippen LogP contribution in [0.3, 0.4) is 0 Å². The second-order valence-corrected chi connectivity index (χ2v) is 21.2. The van der Waals surface area contributed by atoms with Gasteiger partial charge in [0.2, 0.25) is 0 Å². The van der Waals surface area contributed by atoms with Crippen LogP contribution >= 0.6 is 23.2 Å². The number of aromatic nitrogens is 1. The first-order valence-electron chi connectivity index (χ1n) is 23.4. The summed E-state index contributed by atoms with van der Waals surface area (Å²) in [5.74, 6) is -1.94. The molecule has 0 atom stereocenters. The van der Waals surface area contributed by atoms with E-state index in [1.165, 1.54) is 85.2 Å². The number of para-hydroxylation sites is 1. The van der Waals surface area contributed by atoms with Gasteiger partial charge in [0.05, 0.1) is 52.4 Å². The van der Waals surface area contributed by atoms with Crippen LogP contribution in [0.25, 0.3) is 0 Å². The number of carbonyl (C=O) groups excluding carboxylic acids is 4. The van der Waals surface area contributed by atoms with Crippen LogP contribution in [-0.4, -0.2) is 121 Å². The van der Waals surface area contributed by atoms with Gasteiger partial charge >= 0.3 is 0 Å². The Morgan fingerprint density at radius 1 is 0.684 bits per heavy atom. The summed E-state index contributed by atoms with van der Waals surface area (Å²) in [5, 5.41) is 17.3. The number of carbonyl (C=O) groups is 4. The van der Waals surface area contributed by atoms with E-state index in [4.69, 9.17) is 32.7 Å². The van der Waals surface area contributed by atoms with Crippen molar-refractivity contribution in [3.8, 4) is 5.75 Å². The third kappa shape index (κ3) is 13.3. The van der Waals surface area contributed by atoms with E-state index >= 15 is 0 Å². The minimum absolute atomic E-state index is 0.00870. The fraction of sp³-hybridized carbons (Fsp3) is 0.196.